The SMILES string of the molecule is CC[C@H](C)C(C(CC(=O)N1CCC[C@H]1C(OC)C(C)C(=O)NC(Cc1cccs1)C(=O)O)OC)N(C)C(=O)[C@@H](NC(=O)C(NC)C(C)C)C(C)C. The van der Waals surface area contributed by atoms with Gasteiger partial charge < -0.3 is 40.3 Å². The minimum absolute atomic E-state index is 0.00752. The molecule has 0 aromatic carbocycles. The Morgan fingerprint density at radius 1 is 1.00 bits per heavy atom. The molecule has 2 heterocycles. The zero-order valence-electron chi connectivity index (χ0n) is 32.4. The number of carbonyl (C=O) groups is 5. The molecule has 1 saturated heterocycles. The number of amides is 4. The molecule has 13 nitrogen and oxygen atoms in total. The van der Waals surface area contributed by atoms with Crippen LogP contribution in [0.25, 0.3) is 0 Å². The fourth-order valence-corrected chi connectivity index (χ4v) is 7.93. The number of carboxylic acid groups (broad SMARTS) is 1. The quantitative estimate of drug-likeness (QED) is 0.148. The molecule has 9 atom stereocenters. The van der Waals surface area contributed by atoms with E-state index in [2.05, 4.69) is 16.0 Å². The van der Waals surface area contributed by atoms with Gasteiger partial charge in [0.2, 0.25) is 23.6 Å². The maximum atomic E-state index is 14.1. The lowest BCUT2D eigenvalue weighted by molar-refractivity contribution is -0.148. The van der Waals surface area contributed by atoms with Crippen molar-refractivity contribution in [2.24, 2.45) is 23.7 Å². The molecule has 1 aliphatic rings. The highest BCUT2D eigenvalue weighted by Gasteiger charge is 2.43. The lowest BCUT2D eigenvalue weighted by Gasteiger charge is -2.41. The van der Waals surface area contributed by atoms with Crippen LogP contribution in [-0.2, 0) is 39.9 Å². The Hall–Kier alpha value is -3.07. The summed E-state index contributed by atoms with van der Waals surface area (Å²) in [7, 11) is 6.46. The number of carboxylic acids is 1. The highest BCUT2D eigenvalue weighted by atomic mass is 32.1. The number of aliphatic carboxylic acids is 1. The molecule has 0 spiro atoms. The van der Waals surface area contributed by atoms with Crippen LogP contribution in [0.2, 0.25) is 0 Å². The third kappa shape index (κ3) is 11.7. The second kappa shape index (κ2) is 20.8. The molecule has 4 amide bonds. The van der Waals surface area contributed by atoms with Crippen LogP contribution < -0.4 is 16.0 Å². The number of nitrogens with zero attached hydrogens (tertiary/aromatic N) is 2. The van der Waals surface area contributed by atoms with E-state index in [0.717, 1.165) is 11.3 Å². The first-order chi connectivity index (χ1) is 24.0. The van der Waals surface area contributed by atoms with Crippen LogP contribution in [0.3, 0.4) is 0 Å². The lowest BCUT2D eigenvalue weighted by Crippen LogP contribution is -2.59. The highest BCUT2D eigenvalue weighted by Crippen LogP contribution is 2.30. The predicted octanol–water partition coefficient (Wildman–Crippen LogP) is 3.17. The lowest BCUT2D eigenvalue weighted by atomic mass is 9.89. The summed E-state index contributed by atoms with van der Waals surface area (Å²) in [6, 6.07) is 0.450. The molecule has 51 heavy (non-hydrogen) atoms. The molecule has 4 N–H and O–H groups in total. The summed E-state index contributed by atoms with van der Waals surface area (Å²) >= 11 is 1.43. The van der Waals surface area contributed by atoms with Crippen molar-refractivity contribution in [3.63, 3.8) is 0 Å². The Bertz CT molecular complexity index is 1280. The summed E-state index contributed by atoms with van der Waals surface area (Å²) in [6.45, 7) is 13.9. The normalized spacial score (nSPS) is 19.5. The number of ether oxygens (including phenoxy) is 2. The van der Waals surface area contributed by atoms with Gasteiger partial charge in [-0.05, 0) is 49.1 Å². The first-order valence-corrected chi connectivity index (χ1v) is 19.1. The van der Waals surface area contributed by atoms with Gasteiger partial charge in [0.15, 0.2) is 0 Å². The average Bonchev–Trinajstić information content (AvgIpc) is 3.79. The van der Waals surface area contributed by atoms with E-state index in [0.29, 0.717) is 19.4 Å². The standard InChI is InChI=1S/C37H63N5O8S/c1-12-23(6)32(41(9)36(46)31(22(4)5)40-35(45)30(38-8)21(2)3)28(49-10)20-29(43)42-17-13-16-27(42)33(50-11)24(7)34(44)39-26(37(47)48)19-25-15-14-18-51-25/h14-15,18,21-24,26-28,30-33,38H,12-13,16-17,19-20H2,1-11H3,(H,39,44)(H,40,45)(H,47,48)/t23-,24?,26?,27-,28?,30?,31-,32?,33?/m0/s1. The van der Waals surface area contributed by atoms with Gasteiger partial charge in [0.05, 0.1) is 42.7 Å². The Morgan fingerprint density at radius 2 is 1.65 bits per heavy atom. The van der Waals surface area contributed by atoms with Gasteiger partial charge in [-0.25, -0.2) is 4.79 Å². The van der Waals surface area contributed by atoms with Crippen LogP contribution >= 0.6 is 11.3 Å². The van der Waals surface area contributed by atoms with E-state index in [-0.39, 0.29) is 48.3 Å². The van der Waals surface area contributed by atoms with Gasteiger partial charge in [-0.1, -0.05) is 61.0 Å². The molecule has 0 radical (unpaired) electrons. The minimum Gasteiger partial charge on any atom is -0.480 e. The summed E-state index contributed by atoms with van der Waals surface area (Å²) in [4.78, 5) is 71.0. The van der Waals surface area contributed by atoms with Gasteiger partial charge in [0.1, 0.15) is 12.1 Å². The van der Waals surface area contributed by atoms with Crippen molar-refractivity contribution in [1.29, 1.82) is 0 Å². The summed E-state index contributed by atoms with van der Waals surface area (Å²) in [5.74, 6) is -3.22. The van der Waals surface area contributed by atoms with Crippen molar-refractivity contribution in [2.45, 2.75) is 123 Å². The number of hydrogen-bond acceptors (Lipinski definition) is 9. The number of carbonyl (C=O) groups excluding carboxylic acids is 4. The van der Waals surface area contributed by atoms with Gasteiger partial charge >= 0.3 is 5.97 Å². The van der Waals surface area contributed by atoms with Crippen LogP contribution in [0.15, 0.2) is 17.5 Å². The zero-order valence-corrected chi connectivity index (χ0v) is 33.2. The molecule has 2 rings (SSSR count). The molecule has 1 aliphatic heterocycles. The van der Waals surface area contributed by atoms with Gasteiger partial charge in [0.25, 0.3) is 0 Å². The van der Waals surface area contributed by atoms with Crippen molar-refractivity contribution >= 4 is 40.9 Å². The Balaban J connectivity index is 2.26. The van der Waals surface area contributed by atoms with E-state index in [9.17, 15) is 29.1 Å². The summed E-state index contributed by atoms with van der Waals surface area (Å²) in [5.41, 5.74) is 0. The van der Waals surface area contributed by atoms with Gasteiger partial charge in [0, 0.05) is 39.1 Å². The van der Waals surface area contributed by atoms with E-state index >= 15 is 0 Å². The fraction of sp³-hybridized carbons (Fsp3) is 0.757. The van der Waals surface area contributed by atoms with Crippen molar-refractivity contribution in [3.05, 3.63) is 22.4 Å². The molecular weight excluding hydrogens is 675 g/mol. The van der Waals surface area contributed by atoms with Gasteiger partial charge in [-0.2, -0.15) is 0 Å². The smallest absolute Gasteiger partial charge is 0.326 e. The first-order valence-electron chi connectivity index (χ1n) is 18.2. The second-order valence-electron chi connectivity index (χ2n) is 14.5. The number of thiophene rings is 1. The van der Waals surface area contributed by atoms with Crippen molar-refractivity contribution in [3.8, 4) is 0 Å². The third-order valence-electron chi connectivity index (χ3n) is 10.3. The molecule has 1 aromatic heterocycles. The summed E-state index contributed by atoms with van der Waals surface area (Å²) in [6.07, 6.45) is 0.886. The number of nitrogens with one attached hydrogen (secondary N) is 3. The Morgan fingerprint density at radius 3 is 2.14 bits per heavy atom. The fourth-order valence-electron chi connectivity index (χ4n) is 7.18. The molecule has 0 saturated carbocycles. The number of hydrogen-bond donors (Lipinski definition) is 4. The van der Waals surface area contributed by atoms with Crippen LogP contribution in [-0.4, -0.2) is 122 Å². The molecule has 1 aromatic rings. The van der Waals surface area contributed by atoms with Crippen LogP contribution in [0.4, 0.5) is 0 Å². The van der Waals surface area contributed by atoms with Crippen LogP contribution in [0.5, 0.6) is 0 Å². The maximum absolute atomic E-state index is 14.1. The predicted molar refractivity (Wildman–Crippen MR) is 198 cm³/mol. The van der Waals surface area contributed by atoms with Crippen LogP contribution in [0, 0.1) is 23.7 Å². The summed E-state index contributed by atoms with van der Waals surface area (Å²) < 4.78 is 11.8. The van der Waals surface area contributed by atoms with E-state index in [1.165, 1.54) is 25.6 Å². The number of rotatable bonds is 21. The van der Waals surface area contributed by atoms with E-state index < -0.39 is 60.2 Å². The molecule has 1 fully saturated rings. The van der Waals surface area contributed by atoms with Crippen molar-refractivity contribution in [1.82, 2.24) is 25.8 Å². The van der Waals surface area contributed by atoms with Crippen LogP contribution in [0.1, 0.15) is 79.0 Å². The van der Waals surface area contributed by atoms with E-state index in [1.807, 2.05) is 59.1 Å². The molecule has 0 aliphatic carbocycles. The summed E-state index contributed by atoms with van der Waals surface area (Å²) in [5, 5.41) is 20.3. The average molecular weight is 738 g/mol. The number of likely N-dealkylation sites (N-methyl/N-ethyl adjacent to an activating group) is 2. The topological polar surface area (TPSA) is 167 Å². The molecule has 14 heteroatoms. The largest absolute Gasteiger partial charge is 0.480 e. The number of likely N-dealkylation sites (tertiary alicyclic amines) is 1. The molecular formula is C37H63N5O8S. The van der Waals surface area contributed by atoms with Crippen molar-refractivity contribution in [2.75, 3.05) is 34.9 Å². The highest BCUT2D eigenvalue weighted by molar-refractivity contribution is 7.09. The molecule has 0 bridgehead atoms. The maximum Gasteiger partial charge on any atom is 0.326 e. The third-order valence-corrected chi connectivity index (χ3v) is 11.2. The second-order valence-corrected chi connectivity index (χ2v) is 15.5. The van der Waals surface area contributed by atoms with Crippen molar-refractivity contribution < 1.29 is 38.6 Å². The molecule has 6 unspecified atom stereocenters. The Kier molecular flexibility index (Phi) is 18.0. The van der Waals surface area contributed by atoms with Gasteiger partial charge in [-0.15, -0.1) is 11.3 Å². The van der Waals surface area contributed by atoms with E-state index in [1.54, 1.807) is 30.8 Å². The number of methoxy groups -OCH3 is 2. The monoisotopic (exact) mass is 737 g/mol. The first kappa shape index (κ1) is 44.1. The van der Waals surface area contributed by atoms with Gasteiger partial charge in [-0.3, -0.25) is 19.2 Å². The molecule has 290 valence electrons. The Labute approximate surface area is 308 Å². The van der Waals surface area contributed by atoms with E-state index in [4.69, 9.17) is 9.47 Å². The minimum atomic E-state index is -1.12. The zero-order chi connectivity index (χ0) is 38.6.